The van der Waals surface area contributed by atoms with Crippen molar-refractivity contribution in [3.8, 4) is 0 Å². The number of carbonyl (C=O) groups is 1. The number of nitrogens with one attached hydrogen (secondary N) is 1. The van der Waals surface area contributed by atoms with Crippen molar-refractivity contribution in [2.75, 3.05) is 5.75 Å². The number of amides is 1. The van der Waals surface area contributed by atoms with Gasteiger partial charge in [0.2, 0.25) is 5.91 Å². The maximum atomic E-state index is 12.9. The van der Waals surface area contributed by atoms with E-state index in [1.165, 1.54) is 5.70 Å². The summed E-state index contributed by atoms with van der Waals surface area (Å²) in [6.07, 6.45) is 14.9. The average Bonchev–Trinajstić information content (AvgIpc) is 2.93. The van der Waals surface area contributed by atoms with E-state index in [0.29, 0.717) is 12.0 Å². The summed E-state index contributed by atoms with van der Waals surface area (Å²) in [6, 6.07) is 0.345. The Kier molecular flexibility index (Phi) is 5.30. The smallest absolute Gasteiger partial charge is 0.224 e. The van der Waals surface area contributed by atoms with Crippen molar-refractivity contribution in [2.24, 2.45) is 16.8 Å². The fourth-order valence-corrected chi connectivity index (χ4v) is 6.05. The number of hydrogen-bond acceptors (Lipinski definition) is 3. The first kappa shape index (κ1) is 16.8. The summed E-state index contributed by atoms with van der Waals surface area (Å²) in [6.45, 7) is 4.39. The van der Waals surface area contributed by atoms with Crippen LogP contribution in [0.4, 0.5) is 0 Å². The zero-order valence-electron chi connectivity index (χ0n) is 14.3. The lowest BCUT2D eigenvalue weighted by atomic mass is 9.73. The van der Waals surface area contributed by atoms with Crippen LogP contribution in [0.3, 0.4) is 0 Å². The Labute approximate surface area is 144 Å². The molecule has 23 heavy (non-hydrogen) atoms. The first-order valence-corrected chi connectivity index (χ1v) is 10.0. The first-order valence-electron chi connectivity index (χ1n) is 9.05. The lowest BCUT2D eigenvalue weighted by Gasteiger charge is -2.39. The molecule has 0 saturated carbocycles. The van der Waals surface area contributed by atoms with Gasteiger partial charge in [-0.2, -0.15) is 0 Å². The lowest BCUT2D eigenvalue weighted by molar-refractivity contribution is -0.126. The molecule has 4 heteroatoms. The number of thioether (sulfide) groups is 1. The summed E-state index contributed by atoms with van der Waals surface area (Å²) in [4.78, 5) is 17.6. The molecule has 1 aliphatic carbocycles. The van der Waals surface area contributed by atoms with E-state index >= 15 is 0 Å². The van der Waals surface area contributed by atoms with Crippen molar-refractivity contribution in [1.29, 1.82) is 0 Å². The fraction of sp³-hybridized carbons (Fsp3) is 0.684. The van der Waals surface area contributed by atoms with E-state index in [-0.39, 0.29) is 16.6 Å². The van der Waals surface area contributed by atoms with Gasteiger partial charge >= 0.3 is 0 Å². The summed E-state index contributed by atoms with van der Waals surface area (Å²) < 4.78 is 0.0521. The van der Waals surface area contributed by atoms with Gasteiger partial charge in [-0.15, -0.1) is 11.8 Å². The molecule has 3 rings (SSSR count). The third-order valence-electron chi connectivity index (χ3n) is 5.40. The second-order valence-corrected chi connectivity index (χ2v) is 8.28. The van der Waals surface area contributed by atoms with Crippen molar-refractivity contribution in [3.63, 3.8) is 0 Å². The number of aliphatic imine (C=N–C) groups is 1. The van der Waals surface area contributed by atoms with Gasteiger partial charge in [0.05, 0.1) is 16.4 Å². The van der Waals surface area contributed by atoms with Gasteiger partial charge in [-0.1, -0.05) is 38.8 Å². The quantitative estimate of drug-likeness (QED) is 0.795. The first-order chi connectivity index (χ1) is 11.2. The van der Waals surface area contributed by atoms with Gasteiger partial charge in [-0.25, -0.2) is 0 Å². The van der Waals surface area contributed by atoms with Crippen molar-refractivity contribution in [2.45, 2.75) is 63.2 Å². The number of allylic oxidation sites excluding steroid dienone is 3. The minimum absolute atomic E-state index is 0.0521. The van der Waals surface area contributed by atoms with Crippen molar-refractivity contribution in [3.05, 3.63) is 23.9 Å². The van der Waals surface area contributed by atoms with Gasteiger partial charge in [0, 0.05) is 18.0 Å². The molecule has 2 aliphatic heterocycles. The summed E-state index contributed by atoms with van der Waals surface area (Å²) in [7, 11) is 0. The lowest BCUT2D eigenvalue weighted by Crippen LogP contribution is -2.45. The molecule has 3 nitrogen and oxygen atoms in total. The van der Waals surface area contributed by atoms with E-state index in [0.717, 1.165) is 44.3 Å². The molecule has 1 spiro atoms. The van der Waals surface area contributed by atoms with Crippen LogP contribution in [-0.2, 0) is 4.79 Å². The highest BCUT2D eigenvalue weighted by Crippen LogP contribution is 2.57. The highest BCUT2D eigenvalue weighted by Gasteiger charge is 2.54. The highest BCUT2D eigenvalue weighted by molar-refractivity contribution is 8.01. The molecule has 3 aliphatic rings. The summed E-state index contributed by atoms with van der Waals surface area (Å²) in [5.74, 6) is 1.72. The van der Waals surface area contributed by atoms with Gasteiger partial charge in [0.15, 0.2) is 0 Å². The van der Waals surface area contributed by atoms with Gasteiger partial charge in [0.25, 0.3) is 0 Å². The van der Waals surface area contributed by atoms with Crippen LogP contribution in [0.5, 0.6) is 0 Å². The summed E-state index contributed by atoms with van der Waals surface area (Å²) in [5, 5.41) is 3.35. The Morgan fingerprint density at radius 1 is 1.43 bits per heavy atom. The predicted octanol–water partition coefficient (Wildman–Crippen LogP) is 4.11. The molecule has 1 fully saturated rings. The van der Waals surface area contributed by atoms with Gasteiger partial charge in [-0.05, 0) is 37.7 Å². The standard InChI is InChI=1S/C19H28N2OS/c1-3-7-14(8-4-2)21-18(22)15-13-23-19-11-6-5-9-17(19)20-12-10-16(15)19/h5-6,9,12,14-16H,3-4,7-8,10-11,13H2,1-2H3,(H,21,22). The molecular formula is C19H28N2OS. The Balaban J connectivity index is 1.72. The number of rotatable bonds is 6. The van der Waals surface area contributed by atoms with E-state index in [2.05, 4.69) is 42.4 Å². The topological polar surface area (TPSA) is 41.5 Å². The van der Waals surface area contributed by atoms with Crippen molar-refractivity contribution >= 4 is 23.9 Å². The molecule has 0 aromatic rings. The molecule has 3 atom stereocenters. The largest absolute Gasteiger partial charge is 0.353 e. The highest BCUT2D eigenvalue weighted by atomic mass is 32.2. The molecule has 2 heterocycles. The molecule has 0 radical (unpaired) electrons. The molecule has 0 aromatic heterocycles. The molecule has 0 bridgehead atoms. The zero-order valence-corrected chi connectivity index (χ0v) is 15.1. The van der Waals surface area contributed by atoms with E-state index in [9.17, 15) is 4.79 Å². The summed E-state index contributed by atoms with van der Waals surface area (Å²) >= 11 is 1.95. The van der Waals surface area contributed by atoms with Crippen LogP contribution in [0.25, 0.3) is 0 Å². The number of nitrogens with zero attached hydrogens (tertiary/aromatic N) is 1. The predicted molar refractivity (Wildman–Crippen MR) is 98.9 cm³/mol. The Bertz CT molecular complexity index is 533. The van der Waals surface area contributed by atoms with E-state index < -0.39 is 0 Å². The maximum Gasteiger partial charge on any atom is 0.224 e. The van der Waals surface area contributed by atoms with Crippen LogP contribution in [0, 0.1) is 11.8 Å². The average molecular weight is 333 g/mol. The van der Waals surface area contributed by atoms with Crippen LogP contribution in [0.1, 0.15) is 52.4 Å². The molecular weight excluding hydrogens is 304 g/mol. The Morgan fingerprint density at radius 2 is 2.22 bits per heavy atom. The third-order valence-corrected chi connectivity index (χ3v) is 7.12. The zero-order chi connectivity index (χ0) is 16.3. The van der Waals surface area contributed by atoms with Crippen LogP contribution in [0.2, 0.25) is 0 Å². The van der Waals surface area contributed by atoms with Gasteiger partial charge < -0.3 is 5.32 Å². The monoisotopic (exact) mass is 332 g/mol. The SMILES string of the molecule is CCCC(CCC)NC(=O)C1CSC23CC=CC=C2N=CCC13. The third kappa shape index (κ3) is 3.15. The number of hydrogen-bond donors (Lipinski definition) is 1. The van der Waals surface area contributed by atoms with Gasteiger partial charge in [0.1, 0.15) is 0 Å². The number of carbonyl (C=O) groups excluding carboxylic acids is 1. The second kappa shape index (κ2) is 7.25. The molecule has 3 unspecified atom stereocenters. The van der Waals surface area contributed by atoms with E-state index in [1.807, 2.05) is 18.0 Å². The second-order valence-electron chi connectivity index (χ2n) is 6.93. The maximum absolute atomic E-state index is 12.9. The van der Waals surface area contributed by atoms with Crippen molar-refractivity contribution < 1.29 is 4.79 Å². The molecule has 1 amide bonds. The Hall–Kier alpha value is -1.03. The minimum atomic E-state index is 0.0521. The van der Waals surface area contributed by atoms with Crippen molar-refractivity contribution in [1.82, 2.24) is 5.32 Å². The van der Waals surface area contributed by atoms with Crippen LogP contribution in [-0.4, -0.2) is 28.7 Å². The van der Waals surface area contributed by atoms with Gasteiger partial charge in [-0.3, -0.25) is 9.79 Å². The van der Waals surface area contributed by atoms with Crippen LogP contribution >= 0.6 is 11.8 Å². The van der Waals surface area contributed by atoms with E-state index in [1.54, 1.807) is 0 Å². The van der Waals surface area contributed by atoms with E-state index in [4.69, 9.17) is 0 Å². The minimum Gasteiger partial charge on any atom is -0.353 e. The molecule has 126 valence electrons. The Morgan fingerprint density at radius 3 is 2.96 bits per heavy atom. The molecule has 1 N–H and O–H groups in total. The van der Waals surface area contributed by atoms with Crippen LogP contribution < -0.4 is 5.32 Å². The fourth-order valence-electron chi connectivity index (χ4n) is 4.23. The van der Waals surface area contributed by atoms with Crippen LogP contribution in [0.15, 0.2) is 28.9 Å². The normalized spacial score (nSPS) is 31.7. The summed E-state index contributed by atoms with van der Waals surface area (Å²) in [5.41, 5.74) is 1.18. The molecule has 1 saturated heterocycles. The molecule has 0 aromatic carbocycles.